The van der Waals surface area contributed by atoms with E-state index in [-0.39, 0.29) is 24.4 Å². The van der Waals surface area contributed by atoms with E-state index in [1.165, 1.54) is 6.07 Å². The van der Waals surface area contributed by atoms with Gasteiger partial charge in [-0.1, -0.05) is 13.0 Å². The van der Waals surface area contributed by atoms with Crippen LogP contribution in [-0.4, -0.2) is 29.0 Å². The van der Waals surface area contributed by atoms with Crippen molar-refractivity contribution >= 4 is 18.9 Å². The van der Waals surface area contributed by atoms with Gasteiger partial charge in [0, 0.05) is 18.7 Å². The van der Waals surface area contributed by atoms with Gasteiger partial charge in [-0.3, -0.25) is 4.79 Å². The third-order valence-corrected chi connectivity index (χ3v) is 3.54. The van der Waals surface area contributed by atoms with Gasteiger partial charge >= 0.3 is 13.1 Å². The van der Waals surface area contributed by atoms with Gasteiger partial charge in [0.25, 0.3) is 0 Å². The fraction of sp³-hybridized carbons (Fsp3) is 0.429. The molecule has 112 valence electrons. The van der Waals surface area contributed by atoms with Crippen LogP contribution in [0.15, 0.2) is 12.1 Å². The Bertz CT molecular complexity index is 575. The number of carbonyl (C=O) groups excluding carboxylic acids is 1. The first-order valence-electron chi connectivity index (χ1n) is 6.85. The normalized spacial score (nSPS) is 17.1. The molecule has 1 aromatic carbocycles. The van der Waals surface area contributed by atoms with Crippen molar-refractivity contribution in [2.75, 3.05) is 0 Å². The molecule has 0 aromatic heterocycles. The Morgan fingerprint density at radius 3 is 2.81 bits per heavy atom. The molecule has 0 bridgehead atoms. The standard InChI is InChI=1S/C14H16BFO5/c1-2-3-10(17)7-9-6-8-4-5-11(16)12(14(18)19)13(8)21-15(9)20/h4-5,9,20H,2-3,6-7H2,1H3,(H,18,19)/t9-/m1/s1. The first-order chi connectivity index (χ1) is 9.93. The van der Waals surface area contributed by atoms with Gasteiger partial charge in [0.1, 0.15) is 22.9 Å². The summed E-state index contributed by atoms with van der Waals surface area (Å²) < 4.78 is 18.7. The number of fused-ring (bicyclic) bond motifs is 1. The summed E-state index contributed by atoms with van der Waals surface area (Å²) in [7, 11) is -1.31. The number of aromatic carboxylic acids is 1. The molecule has 0 radical (unpaired) electrons. The molecule has 0 saturated carbocycles. The average molecular weight is 294 g/mol. The molecule has 1 aliphatic rings. The van der Waals surface area contributed by atoms with Gasteiger partial charge in [-0.15, -0.1) is 0 Å². The van der Waals surface area contributed by atoms with Crippen molar-refractivity contribution in [1.29, 1.82) is 0 Å². The van der Waals surface area contributed by atoms with Crippen LogP contribution in [0.3, 0.4) is 0 Å². The molecule has 0 aliphatic carbocycles. The van der Waals surface area contributed by atoms with Crippen LogP contribution < -0.4 is 4.65 Å². The Morgan fingerprint density at radius 1 is 1.48 bits per heavy atom. The topological polar surface area (TPSA) is 83.8 Å². The van der Waals surface area contributed by atoms with Crippen molar-refractivity contribution in [3.63, 3.8) is 0 Å². The van der Waals surface area contributed by atoms with E-state index in [0.29, 0.717) is 12.0 Å². The van der Waals surface area contributed by atoms with E-state index >= 15 is 0 Å². The maximum atomic E-state index is 13.6. The number of ketones is 1. The van der Waals surface area contributed by atoms with Crippen LogP contribution in [0, 0.1) is 5.82 Å². The average Bonchev–Trinajstić information content (AvgIpc) is 2.39. The van der Waals surface area contributed by atoms with Crippen LogP contribution in [0.4, 0.5) is 4.39 Å². The third kappa shape index (κ3) is 3.24. The summed E-state index contributed by atoms with van der Waals surface area (Å²) in [5.74, 6) is -2.92. The molecule has 7 heteroatoms. The van der Waals surface area contributed by atoms with E-state index in [2.05, 4.69) is 0 Å². The molecular weight excluding hydrogens is 278 g/mol. The van der Waals surface area contributed by atoms with Gasteiger partial charge in [0.05, 0.1) is 0 Å². The monoisotopic (exact) mass is 294 g/mol. The van der Waals surface area contributed by atoms with Crippen molar-refractivity contribution in [3.05, 3.63) is 29.1 Å². The molecule has 0 fully saturated rings. The Morgan fingerprint density at radius 2 is 2.19 bits per heavy atom. The number of hydrogen-bond acceptors (Lipinski definition) is 4. The Labute approximate surface area is 121 Å². The summed E-state index contributed by atoms with van der Waals surface area (Å²) >= 11 is 0. The molecule has 0 amide bonds. The van der Waals surface area contributed by atoms with Gasteiger partial charge in [0.15, 0.2) is 0 Å². The molecule has 2 N–H and O–H groups in total. The lowest BCUT2D eigenvalue weighted by Gasteiger charge is -2.28. The van der Waals surface area contributed by atoms with Gasteiger partial charge in [-0.2, -0.15) is 0 Å². The zero-order chi connectivity index (χ0) is 15.6. The molecular formula is C14H16BFO5. The highest BCUT2D eigenvalue weighted by atomic mass is 19.1. The van der Waals surface area contributed by atoms with Crippen molar-refractivity contribution in [1.82, 2.24) is 0 Å². The van der Waals surface area contributed by atoms with Crippen LogP contribution >= 0.6 is 0 Å². The molecule has 0 spiro atoms. The minimum Gasteiger partial charge on any atom is -0.535 e. The summed E-state index contributed by atoms with van der Waals surface area (Å²) in [6.07, 6.45) is 1.61. The molecule has 2 rings (SSSR count). The van der Waals surface area contributed by atoms with Crippen LogP contribution in [-0.2, 0) is 11.2 Å². The van der Waals surface area contributed by atoms with E-state index in [1.54, 1.807) is 0 Å². The fourth-order valence-electron chi connectivity index (χ4n) is 2.54. The number of benzene rings is 1. The predicted octanol–water partition coefficient (Wildman–Crippen LogP) is 2.07. The molecule has 21 heavy (non-hydrogen) atoms. The molecule has 0 saturated heterocycles. The third-order valence-electron chi connectivity index (χ3n) is 3.54. The number of hydrogen-bond donors (Lipinski definition) is 2. The van der Waals surface area contributed by atoms with Gasteiger partial charge in [0.2, 0.25) is 0 Å². The summed E-state index contributed by atoms with van der Waals surface area (Å²) in [6.45, 7) is 1.89. The Balaban J connectivity index is 2.26. The minimum absolute atomic E-state index is 0.0224. The van der Waals surface area contributed by atoms with E-state index in [0.717, 1.165) is 12.5 Å². The molecule has 1 aromatic rings. The zero-order valence-corrected chi connectivity index (χ0v) is 11.6. The van der Waals surface area contributed by atoms with Crippen LogP contribution in [0.5, 0.6) is 5.75 Å². The second-order valence-electron chi connectivity index (χ2n) is 5.18. The van der Waals surface area contributed by atoms with E-state index < -0.39 is 30.3 Å². The summed E-state index contributed by atoms with van der Waals surface area (Å²) in [5, 5.41) is 19.0. The maximum absolute atomic E-state index is 13.6. The van der Waals surface area contributed by atoms with Gasteiger partial charge in [-0.25, -0.2) is 9.18 Å². The minimum atomic E-state index is -1.45. The van der Waals surface area contributed by atoms with Crippen molar-refractivity contribution in [2.45, 2.75) is 38.4 Å². The Kier molecular flexibility index (Phi) is 4.62. The van der Waals surface area contributed by atoms with Crippen LogP contribution in [0.1, 0.15) is 42.1 Å². The number of carboxylic acid groups (broad SMARTS) is 1. The fourth-order valence-corrected chi connectivity index (χ4v) is 2.54. The zero-order valence-electron chi connectivity index (χ0n) is 11.6. The lowest BCUT2D eigenvalue weighted by Crippen LogP contribution is -2.36. The molecule has 1 heterocycles. The number of Topliss-reactive ketones (excluding diaryl/α,β-unsaturated/α-hetero) is 1. The van der Waals surface area contributed by atoms with E-state index in [4.69, 9.17) is 9.76 Å². The van der Waals surface area contributed by atoms with Gasteiger partial charge < -0.3 is 14.8 Å². The second kappa shape index (κ2) is 6.26. The largest absolute Gasteiger partial charge is 0.535 e. The molecule has 5 nitrogen and oxygen atoms in total. The second-order valence-corrected chi connectivity index (χ2v) is 5.18. The molecule has 1 aliphatic heterocycles. The summed E-state index contributed by atoms with van der Waals surface area (Å²) in [4.78, 5) is 22.8. The summed E-state index contributed by atoms with van der Waals surface area (Å²) in [5.41, 5.74) is -0.0849. The highest BCUT2D eigenvalue weighted by Crippen LogP contribution is 2.37. The van der Waals surface area contributed by atoms with E-state index in [9.17, 15) is 19.0 Å². The number of halogens is 1. The summed E-state index contributed by atoms with van der Waals surface area (Å²) in [6, 6.07) is 2.49. The maximum Gasteiger partial charge on any atom is 0.526 e. The predicted molar refractivity (Wildman–Crippen MR) is 73.9 cm³/mol. The SMILES string of the molecule is CCCC(=O)C[C@H]1Cc2ccc(F)c(C(=O)O)c2OB1O. The number of carbonyl (C=O) groups is 2. The van der Waals surface area contributed by atoms with Crippen LogP contribution in [0.25, 0.3) is 0 Å². The lowest BCUT2D eigenvalue weighted by molar-refractivity contribution is -0.119. The Hall–Kier alpha value is -1.89. The highest BCUT2D eigenvalue weighted by molar-refractivity contribution is 6.47. The first kappa shape index (κ1) is 15.5. The molecule has 1 atom stereocenters. The van der Waals surface area contributed by atoms with Gasteiger partial charge in [-0.05, 0) is 24.5 Å². The van der Waals surface area contributed by atoms with E-state index in [1.807, 2.05) is 6.92 Å². The smallest absolute Gasteiger partial charge is 0.526 e. The lowest BCUT2D eigenvalue weighted by atomic mass is 9.64. The van der Waals surface area contributed by atoms with Crippen molar-refractivity contribution in [3.8, 4) is 5.75 Å². The first-order valence-corrected chi connectivity index (χ1v) is 6.85. The quantitative estimate of drug-likeness (QED) is 0.812. The number of carboxylic acids is 1. The van der Waals surface area contributed by atoms with Crippen molar-refractivity contribution in [2.24, 2.45) is 0 Å². The highest BCUT2D eigenvalue weighted by Gasteiger charge is 2.38. The molecule has 0 unspecified atom stereocenters. The van der Waals surface area contributed by atoms with Crippen LogP contribution in [0.2, 0.25) is 5.82 Å². The number of rotatable bonds is 5. The van der Waals surface area contributed by atoms with Crippen molar-refractivity contribution < 1.29 is 28.8 Å².